The molecule has 2 heterocycles. The third-order valence-corrected chi connectivity index (χ3v) is 5.77. The highest BCUT2D eigenvalue weighted by Gasteiger charge is 2.17. The topological polar surface area (TPSA) is 80.0 Å². The lowest BCUT2D eigenvalue weighted by molar-refractivity contribution is 0.0951. The second kappa shape index (κ2) is 8.25. The fraction of sp³-hybridized carbons (Fsp3) is 0. The Morgan fingerprint density at radius 3 is 2.69 bits per heavy atom. The summed E-state index contributed by atoms with van der Waals surface area (Å²) in [6.07, 6.45) is 0. The Hall–Kier alpha value is -2.23. The summed E-state index contributed by atoms with van der Waals surface area (Å²) in [5.74, 6) is -0.0747. The number of thiocarbonyl (C=S) groups is 1. The maximum absolute atomic E-state index is 12.5. The average Bonchev–Trinajstić information content (AvgIpc) is 3.36. The summed E-state index contributed by atoms with van der Waals surface area (Å²) >= 11 is 24.7. The van der Waals surface area contributed by atoms with Gasteiger partial charge in [-0.2, -0.15) is 8.75 Å². The van der Waals surface area contributed by atoms with E-state index in [1.807, 2.05) is 0 Å². The number of rotatable bonds is 3. The van der Waals surface area contributed by atoms with Crippen LogP contribution in [-0.4, -0.2) is 19.8 Å². The molecule has 4 rings (SSSR count). The van der Waals surface area contributed by atoms with Gasteiger partial charge in [-0.1, -0.05) is 40.9 Å². The quantitative estimate of drug-likeness (QED) is 0.346. The van der Waals surface area contributed by atoms with Crippen LogP contribution in [0.5, 0.6) is 0 Å². The first-order valence-corrected chi connectivity index (χ1v) is 10.3. The van der Waals surface area contributed by atoms with E-state index in [-0.39, 0.29) is 10.9 Å². The Bertz CT molecular complexity index is 1260. The summed E-state index contributed by atoms with van der Waals surface area (Å²) in [4.78, 5) is 12.5. The number of fused-ring (bicyclic) bond motifs is 1. The van der Waals surface area contributed by atoms with Gasteiger partial charge < -0.3 is 9.73 Å². The standard InChI is InChI=1S/C18H9Cl3N4O2S2/c19-9-3-1-2-8(14(9)21)12-6-7-13(27-12)17(26)23-18(28)22-15-10(20)4-5-11-16(15)25-29-24-11/h1-7H,(H2,22,23,26,28). The van der Waals surface area contributed by atoms with Gasteiger partial charge in [0.25, 0.3) is 5.91 Å². The lowest BCUT2D eigenvalue weighted by atomic mass is 10.2. The van der Waals surface area contributed by atoms with Crippen molar-refractivity contribution in [2.45, 2.75) is 0 Å². The van der Waals surface area contributed by atoms with E-state index < -0.39 is 5.91 Å². The smallest absolute Gasteiger partial charge is 0.293 e. The van der Waals surface area contributed by atoms with Crippen LogP contribution in [0.25, 0.3) is 22.4 Å². The highest BCUT2D eigenvalue weighted by molar-refractivity contribution is 7.80. The molecule has 4 aromatic rings. The van der Waals surface area contributed by atoms with Crippen LogP contribution in [0.1, 0.15) is 10.6 Å². The van der Waals surface area contributed by atoms with Crippen molar-refractivity contribution in [1.82, 2.24) is 14.1 Å². The van der Waals surface area contributed by atoms with Gasteiger partial charge in [0.2, 0.25) is 0 Å². The van der Waals surface area contributed by atoms with Crippen molar-refractivity contribution in [3.05, 3.63) is 63.3 Å². The summed E-state index contributed by atoms with van der Waals surface area (Å²) < 4.78 is 13.9. The number of halogens is 3. The van der Waals surface area contributed by atoms with E-state index in [1.54, 1.807) is 36.4 Å². The average molecular weight is 484 g/mol. The lowest BCUT2D eigenvalue weighted by Crippen LogP contribution is -2.34. The van der Waals surface area contributed by atoms with Crippen LogP contribution < -0.4 is 10.6 Å². The SMILES string of the molecule is O=C(NC(=S)Nc1c(Cl)ccc2nsnc12)c1ccc(-c2cccc(Cl)c2Cl)o1. The summed E-state index contributed by atoms with van der Waals surface area (Å²) in [7, 11) is 0. The van der Waals surface area contributed by atoms with E-state index in [9.17, 15) is 4.79 Å². The Balaban J connectivity index is 1.50. The first-order valence-electron chi connectivity index (χ1n) is 8.01. The minimum Gasteiger partial charge on any atom is -0.451 e. The molecule has 0 radical (unpaired) electrons. The molecule has 0 aliphatic carbocycles. The molecule has 2 N–H and O–H groups in total. The molecule has 0 saturated heterocycles. The molecule has 0 spiro atoms. The van der Waals surface area contributed by atoms with Crippen molar-refractivity contribution in [3.8, 4) is 11.3 Å². The van der Waals surface area contributed by atoms with Crippen LogP contribution in [0, 0.1) is 0 Å². The molecule has 1 amide bonds. The van der Waals surface area contributed by atoms with Crippen LogP contribution in [-0.2, 0) is 0 Å². The van der Waals surface area contributed by atoms with Gasteiger partial charge in [0.1, 0.15) is 16.8 Å². The maximum atomic E-state index is 12.5. The van der Waals surface area contributed by atoms with Crippen molar-refractivity contribution in [1.29, 1.82) is 0 Å². The van der Waals surface area contributed by atoms with Gasteiger partial charge in [-0.05, 0) is 48.6 Å². The van der Waals surface area contributed by atoms with Gasteiger partial charge >= 0.3 is 0 Å². The molecule has 6 nitrogen and oxygen atoms in total. The van der Waals surface area contributed by atoms with E-state index in [1.165, 1.54) is 6.07 Å². The highest BCUT2D eigenvalue weighted by Crippen LogP contribution is 2.34. The van der Waals surface area contributed by atoms with E-state index in [0.717, 1.165) is 11.7 Å². The zero-order chi connectivity index (χ0) is 20.5. The molecule has 146 valence electrons. The summed E-state index contributed by atoms with van der Waals surface area (Å²) in [6, 6.07) is 11.7. The Labute approximate surface area is 189 Å². The van der Waals surface area contributed by atoms with Gasteiger partial charge in [-0.25, -0.2) is 0 Å². The maximum Gasteiger partial charge on any atom is 0.293 e. The molecule has 0 unspecified atom stereocenters. The van der Waals surface area contributed by atoms with Crippen molar-refractivity contribution in [2.75, 3.05) is 5.32 Å². The molecule has 11 heteroatoms. The molecule has 0 bridgehead atoms. The number of furan rings is 1. The molecular weight excluding hydrogens is 475 g/mol. The normalized spacial score (nSPS) is 10.9. The number of nitrogens with zero attached hydrogens (tertiary/aromatic N) is 2. The van der Waals surface area contributed by atoms with Crippen LogP contribution in [0.15, 0.2) is 46.9 Å². The van der Waals surface area contributed by atoms with Gasteiger partial charge in [0.05, 0.1) is 32.5 Å². The largest absolute Gasteiger partial charge is 0.451 e. The first kappa shape index (κ1) is 20.1. The van der Waals surface area contributed by atoms with Crippen molar-refractivity contribution in [3.63, 3.8) is 0 Å². The second-order valence-electron chi connectivity index (χ2n) is 5.73. The molecule has 2 aromatic heterocycles. The number of carbonyl (C=O) groups is 1. The molecule has 0 atom stereocenters. The van der Waals surface area contributed by atoms with Crippen LogP contribution in [0.2, 0.25) is 15.1 Å². The van der Waals surface area contributed by atoms with Crippen molar-refractivity contribution < 1.29 is 9.21 Å². The van der Waals surface area contributed by atoms with Gasteiger partial charge in [-0.3, -0.25) is 10.1 Å². The Kier molecular flexibility index (Phi) is 5.71. The minimum absolute atomic E-state index is 0.0381. The number of hydrogen-bond donors (Lipinski definition) is 2. The third-order valence-electron chi connectivity index (χ3n) is 3.89. The summed E-state index contributed by atoms with van der Waals surface area (Å²) in [6.45, 7) is 0. The van der Waals surface area contributed by atoms with Gasteiger partial charge in [0.15, 0.2) is 10.9 Å². The van der Waals surface area contributed by atoms with Crippen LogP contribution >= 0.6 is 58.7 Å². The fourth-order valence-corrected chi connectivity index (χ4v) is 3.88. The number of aromatic nitrogens is 2. The molecule has 2 aromatic carbocycles. The third kappa shape index (κ3) is 4.08. The Morgan fingerprint density at radius 1 is 1.03 bits per heavy atom. The monoisotopic (exact) mass is 482 g/mol. The molecule has 29 heavy (non-hydrogen) atoms. The molecule has 0 aliphatic rings. The summed E-state index contributed by atoms with van der Waals surface area (Å²) in [5.41, 5.74) is 2.28. The first-order chi connectivity index (χ1) is 13.9. The zero-order valence-electron chi connectivity index (χ0n) is 14.2. The summed E-state index contributed by atoms with van der Waals surface area (Å²) in [5, 5.41) is 6.60. The predicted molar refractivity (Wildman–Crippen MR) is 120 cm³/mol. The van der Waals surface area contributed by atoms with Crippen molar-refractivity contribution in [2.24, 2.45) is 0 Å². The number of nitrogens with one attached hydrogen (secondary N) is 2. The molecule has 0 fully saturated rings. The van der Waals surface area contributed by atoms with E-state index in [0.29, 0.717) is 43.1 Å². The highest BCUT2D eigenvalue weighted by atomic mass is 35.5. The number of anilines is 1. The van der Waals surface area contributed by atoms with Crippen LogP contribution in [0.4, 0.5) is 5.69 Å². The fourth-order valence-electron chi connectivity index (χ4n) is 2.55. The van der Waals surface area contributed by atoms with Gasteiger partial charge in [0, 0.05) is 5.56 Å². The lowest BCUT2D eigenvalue weighted by Gasteiger charge is -2.10. The van der Waals surface area contributed by atoms with E-state index in [4.69, 9.17) is 51.4 Å². The number of carbonyl (C=O) groups excluding carboxylic acids is 1. The molecular formula is C18H9Cl3N4O2S2. The zero-order valence-corrected chi connectivity index (χ0v) is 18.1. The van der Waals surface area contributed by atoms with Gasteiger partial charge in [-0.15, -0.1) is 0 Å². The van der Waals surface area contributed by atoms with Crippen molar-refractivity contribution >= 4 is 86.5 Å². The molecule has 0 aliphatic heterocycles. The number of amides is 1. The Morgan fingerprint density at radius 2 is 1.86 bits per heavy atom. The van der Waals surface area contributed by atoms with Crippen LogP contribution in [0.3, 0.4) is 0 Å². The van der Waals surface area contributed by atoms with E-state index in [2.05, 4.69) is 19.4 Å². The second-order valence-corrected chi connectivity index (χ2v) is 7.86. The number of benzene rings is 2. The van der Waals surface area contributed by atoms with E-state index >= 15 is 0 Å². The molecule has 0 saturated carbocycles. The predicted octanol–water partition coefficient (Wildman–Crippen LogP) is 6.04. The minimum atomic E-state index is -0.536. The number of hydrogen-bond acceptors (Lipinski definition) is 6.